The van der Waals surface area contributed by atoms with Crippen molar-refractivity contribution in [3.63, 3.8) is 0 Å². The maximum Gasteiger partial charge on any atom is 0.241 e. The van der Waals surface area contributed by atoms with Crippen LogP contribution in [0.5, 0.6) is 0 Å². The molecule has 0 saturated carbocycles. The third kappa shape index (κ3) is 3.81. The van der Waals surface area contributed by atoms with E-state index in [0.717, 1.165) is 22.2 Å². The number of nitrogens with two attached hydrogens (primary N) is 1. The summed E-state index contributed by atoms with van der Waals surface area (Å²) in [6, 6.07) is 6.86. The summed E-state index contributed by atoms with van der Waals surface area (Å²) in [6.07, 6.45) is 4.18. The van der Waals surface area contributed by atoms with Crippen LogP contribution in [0.25, 0.3) is 22.0 Å². The molecule has 0 bridgehead atoms. The number of aromatic nitrogens is 2. The zero-order valence-electron chi connectivity index (χ0n) is 15.4. The van der Waals surface area contributed by atoms with Gasteiger partial charge in [0.2, 0.25) is 10.0 Å². The van der Waals surface area contributed by atoms with Crippen LogP contribution in [0.15, 0.2) is 53.5 Å². The summed E-state index contributed by atoms with van der Waals surface area (Å²) in [4.78, 5) is 4.13. The molecule has 0 amide bonds. The summed E-state index contributed by atoms with van der Waals surface area (Å²) in [5.41, 5.74) is 8.29. The summed E-state index contributed by atoms with van der Waals surface area (Å²) in [6.45, 7) is 1.97. The van der Waals surface area contributed by atoms with Gasteiger partial charge in [-0.05, 0) is 44.3 Å². The van der Waals surface area contributed by atoms with Crippen LogP contribution in [-0.2, 0) is 16.6 Å². The zero-order chi connectivity index (χ0) is 20.5. The van der Waals surface area contributed by atoms with Crippen molar-refractivity contribution in [2.24, 2.45) is 5.73 Å². The number of allylic oxidation sites excluding steroid dienone is 1. The normalized spacial score (nSPS) is 12.7. The number of nitrogens with one attached hydrogen (secondary N) is 1. The Morgan fingerprint density at radius 1 is 1.36 bits per heavy atom. The van der Waals surface area contributed by atoms with Gasteiger partial charge in [0, 0.05) is 51.7 Å². The molecule has 0 aliphatic rings. The van der Waals surface area contributed by atoms with Gasteiger partial charge in [0.15, 0.2) is 0 Å². The molecule has 3 N–H and O–H groups in total. The van der Waals surface area contributed by atoms with E-state index in [1.807, 2.05) is 17.6 Å². The molecule has 2 aromatic heterocycles. The van der Waals surface area contributed by atoms with Crippen molar-refractivity contribution in [2.45, 2.75) is 18.4 Å². The highest BCUT2D eigenvalue weighted by atomic mass is 35.5. The number of hydrogen-bond donors (Lipinski definition) is 2. The first kappa shape index (κ1) is 20.5. The minimum atomic E-state index is -3.65. The van der Waals surface area contributed by atoms with E-state index in [1.165, 1.54) is 25.4 Å². The quantitative estimate of drug-likeness (QED) is 0.637. The van der Waals surface area contributed by atoms with E-state index in [1.54, 1.807) is 18.3 Å². The highest BCUT2D eigenvalue weighted by molar-refractivity contribution is 7.89. The number of hydrogen-bond acceptors (Lipinski definition) is 4. The number of nitrogens with zero attached hydrogens (tertiary/aromatic N) is 2. The van der Waals surface area contributed by atoms with Gasteiger partial charge < -0.3 is 10.3 Å². The lowest BCUT2D eigenvalue weighted by molar-refractivity contribution is 0.555. The van der Waals surface area contributed by atoms with E-state index in [-0.39, 0.29) is 23.8 Å². The van der Waals surface area contributed by atoms with Gasteiger partial charge >= 0.3 is 0 Å². The zero-order valence-corrected chi connectivity index (χ0v) is 17.0. The van der Waals surface area contributed by atoms with E-state index >= 15 is 0 Å². The Bertz CT molecular complexity index is 1170. The van der Waals surface area contributed by atoms with Crippen LogP contribution in [0.1, 0.15) is 5.69 Å². The van der Waals surface area contributed by atoms with Gasteiger partial charge in [-0.25, -0.2) is 17.5 Å². The van der Waals surface area contributed by atoms with E-state index in [2.05, 4.69) is 9.71 Å². The maximum absolute atomic E-state index is 14.2. The Balaban J connectivity index is 2.27. The van der Waals surface area contributed by atoms with Crippen LogP contribution >= 0.6 is 11.6 Å². The van der Waals surface area contributed by atoms with E-state index < -0.39 is 10.0 Å². The molecule has 2 heterocycles. The van der Waals surface area contributed by atoms with Gasteiger partial charge in [-0.3, -0.25) is 4.98 Å². The van der Waals surface area contributed by atoms with Crippen molar-refractivity contribution >= 4 is 32.5 Å². The van der Waals surface area contributed by atoms with Gasteiger partial charge in [0.05, 0.1) is 6.54 Å². The number of rotatable bonds is 6. The molecule has 0 fully saturated rings. The summed E-state index contributed by atoms with van der Waals surface area (Å²) in [5, 5.41) is 1.31. The molecule has 0 atom stereocenters. The SMILES string of the molecule is CNS(=O)(=O)c1cncc(-c2c(C)n(C/C(F)=C/CN)c3ccc(Cl)cc23)c1. The lowest BCUT2D eigenvalue weighted by Crippen LogP contribution is -2.18. The predicted octanol–water partition coefficient (Wildman–Crippen LogP) is 3.39. The third-order valence-corrected chi connectivity index (χ3v) is 6.13. The molecule has 9 heteroatoms. The van der Waals surface area contributed by atoms with Crippen molar-refractivity contribution in [3.05, 3.63) is 59.3 Å². The molecule has 0 aliphatic carbocycles. The van der Waals surface area contributed by atoms with Crippen molar-refractivity contribution in [1.29, 1.82) is 0 Å². The van der Waals surface area contributed by atoms with E-state index in [9.17, 15) is 12.8 Å². The van der Waals surface area contributed by atoms with Crippen LogP contribution in [0, 0.1) is 6.92 Å². The molecule has 1 aromatic carbocycles. The standard InChI is InChI=1S/C19H20ClFN4O2S/c1-12-19(13-7-16(10-24-9-13)28(26,27)23-2)17-8-14(20)3-4-18(17)25(12)11-15(21)5-6-22/h3-5,7-10,23H,6,11,22H2,1-2H3/b15-5-. The minimum Gasteiger partial charge on any atom is -0.337 e. The molecular weight excluding hydrogens is 403 g/mol. The smallest absolute Gasteiger partial charge is 0.241 e. The Morgan fingerprint density at radius 3 is 2.79 bits per heavy atom. The van der Waals surface area contributed by atoms with Crippen molar-refractivity contribution in [2.75, 3.05) is 13.6 Å². The highest BCUT2D eigenvalue weighted by Gasteiger charge is 2.19. The van der Waals surface area contributed by atoms with Crippen molar-refractivity contribution in [1.82, 2.24) is 14.3 Å². The Kier molecular flexibility index (Phi) is 5.85. The minimum absolute atomic E-state index is 0.0170. The molecule has 148 valence electrons. The molecule has 0 aliphatic heterocycles. The van der Waals surface area contributed by atoms with E-state index in [0.29, 0.717) is 10.6 Å². The summed E-state index contributed by atoms with van der Waals surface area (Å²) < 4.78 is 42.6. The Morgan fingerprint density at radius 2 is 2.11 bits per heavy atom. The number of pyridine rings is 1. The number of benzene rings is 1. The number of sulfonamides is 1. The first-order chi connectivity index (χ1) is 13.3. The largest absolute Gasteiger partial charge is 0.337 e. The fourth-order valence-corrected chi connectivity index (χ4v) is 4.08. The van der Waals surface area contributed by atoms with Gasteiger partial charge in [-0.1, -0.05) is 11.6 Å². The second kappa shape index (κ2) is 8.00. The molecule has 6 nitrogen and oxygen atoms in total. The van der Waals surface area contributed by atoms with Gasteiger partial charge in [0.25, 0.3) is 0 Å². The molecule has 0 spiro atoms. The molecule has 0 radical (unpaired) electrons. The monoisotopic (exact) mass is 422 g/mol. The van der Waals surface area contributed by atoms with Crippen molar-refractivity contribution < 1.29 is 12.8 Å². The average Bonchev–Trinajstić information content (AvgIpc) is 2.93. The topological polar surface area (TPSA) is 90.0 Å². The fraction of sp³-hybridized carbons (Fsp3) is 0.211. The fourth-order valence-electron chi connectivity index (χ4n) is 3.19. The van der Waals surface area contributed by atoms with Crippen molar-refractivity contribution in [3.8, 4) is 11.1 Å². The summed E-state index contributed by atoms with van der Waals surface area (Å²) in [7, 11) is -2.31. The molecule has 0 saturated heterocycles. The van der Waals surface area contributed by atoms with Crippen LogP contribution < -0.4 is 10.5 Å². The molecule has 28 heavy (non-hydrogen) atoms. The van der Waals surface area contributed by atoms with Crippen LogP contribution in [-0.4, -0.2) is 31.6 Å². The van der Waals surface area contributed by atoms with Gasteiger partial charge in [0.1, 0.15) is 10.7 Å². The predicted molar refractivity (Wildman–Crippen MR) is 109 cm³/mol. The second-order valence-electron chi connectivity index (χ2n) is 6.21. The number of halogens is 2. The average molecular weight is 423 g/mol. The maximum atomic E-state index is 14.2. The second-order valence-corrected chi connectivity index (χ2v) is 8.53. The number of fused-ring (bicyclic) bond motifs is 1. The van der Waals surface area contributed by atoms with E-state index in [4.69, 9.17) is 17.3 Å². The lowest BCUT2D eigenvalue weighted by Gasteiger charge is -2.08. The van der Waals surface area contributed by atoms with Gasteiger partial charge in [-0.2, -0.15) is 0 Å². The highest BCUT2D eigenvalue weighted by Crippen LogP contribution is 2.37. The third-order valence-electron chi connectivity index (χ3n) is 4.51. The molecule has 3 aromatic rings. The first-order valence-corrected chi connectivity index (χ1v) is 10.4. The molecule has 3 rings (SSSR count). The first-order valence-electron chi connectivity index (χ1n) is 8.50. The van der Waals surface area contributed by atoms with Crippen LogP contribution in [0.4, 0.5) is 4.39 Å². The molecular formula is C19H20ClFN4O2S. The summed E-state index contributed by atoms with van der Waals surface area (Å²) in [5.74, 6) is -0.353. The van der Waals surface area contributed by atoms with Crippen LogP contribution in [0.3, 0.4) is 0 Å². The Hall–Kier alpha value is -2.26. The lowest BCUT2D eigenvalue weighted by atomic mass is 10.0. The van der Waals surface area contributed by atoms with Crippen LogP contribution in [0.2, 0.25) is 5.02 Å². The summed E-state index contributed by atoms with van der Waals surface area (Å²) >= 11 is 6.19. The van der Waals surface area contributed by atoms with Gasteiger partial charge in [-0.15, -0.1) is 0 Å². The Labute approximate surface area is 167 Å². The molecule has 0 unspecified atom stereocenters.